The normalized spacial score (nSPS) is 10.4. The third-order valence-electron chi connectivity index (χ3n) is 2.25. The Morgan fingerprint density at radius 2 is 2.00 bits per heavy atom. The lowest BCUT2D eigenvalue weighted by atomic mass is 10.1. The van der Waals surface area contributed by atoms with E-state index in [0.29, 0.717) is 0 Å². The smallest absolute Gasteiger partial charge is 0.222 e. The SMILES string of the molecule is Cc1ccc(-c2nc(O)cs2)cc1C. The molecule has 2 nitrogen and oxygen atoms in total. The molecule has 0 radical (unpaired) electrons. The molecule has 0 bridgehead atoms. The molecule has 3 heteroatoms. The highest BCUT2D eigenvalue weighted by Crippen LogP contribution is 2.27. The van der Waals surface area contributed by atoms with Crippen molar-refractivity contribution in [2.45, 2.75) is 13.8 Å². The van der Waals surface area contributed by atoms with Gasteiger partial charge in [-0.15, -0.1) is 11.3 Å². The number of nitrogens with zero attached hydrogens (tertiary/aromatic N) is 1. The summed E-state index contributed by atoms with van der Waals surface area (Å²) in [5.41, 5.74) is 3.59. The van der Waals surface area contributed by atoms with Crippen LogP contribution < -0.4 is 0 Å². The molecule has 0 spiro atoms. The second-order valence-electron chi connectivity index (χ2n) is 3.31. The van der Waals surface area contributed by atoms with Crippen LogP contribution in [0.15, 0.2) is 23.6 Å². The van der Waals surface area contributed by atoms with E-state index in [2.05, 4.69) is 31.0 Å². The zero-order valence-electron chi connectivity index (χ0n) is 8.11. The number of thiazole rings is 1. The van der Waals surface area contributed by atoms with Gasteiger partial charge in [0.2, 0.25) is 5.88 Å². The van der Waals surface area contributed by atoms with Crippen molar-refractivity contribution in [3.63, 3.8) is 0 Å². The summed E-state index contributed by atoms with van der Waals surface area (Å²) in [4.78, 5) is 4.03. The molecule has 2 rings (SSSR count). The van der Waals surface area contributed by atoms with Crippen molar-refractivity contribution >= 4 is 11.3 Å². The molecule has 0 atom stereocenters. The fraction of sp³-hybridized carbons (Fsp3) is 0.182. The molecule has 0 aliphatic rings. The summed E-state index contributed by atoms with van der Waals surface area (Å²) in [6.07, 6.45) is 0. The minimum atomic E-state index is 0.100. The number of hydrogen-bond donors (Lipinski definition) is 1. The van der Waals surface area contributed by atoms with Crippen molar-refractivity contribution < 1.29 is 5.11 Å². The van der Waals surface area contributed by atoms with Crippen LogP contribution in [0.3, 0.4) is 0 Å². The van der Waals surface area contributed by atoms with E-state index in [9.17, 15) is 0 Å². The van der Waals surface area contributed by atoms with Crippen LogP contribution in [0.4, 0.5) is 0 Å². The number of rotatable bonds is 1. The van der Waals surface area contributed by atoms with Gasteiger partial charge in [0, 0.05) is 5.56 Å². The van der Waals surface area contributed by atoms with Crippen molar-refractivity contribution in [1.29, 1.82) is 0 Å². The number of benzene rings is 1. The minimum absolute atomic E-state index is 0.100. The molecule has 0 unspecified atom stereocenters. The van der Waals surface area contributed by atoms with Gasteiger partial charge in [0.05, 0.1) is 5.38 Å². The van der Waals surface area contributed by atoms with Crippen LogP contribution in [0.2, 0.25) is 0 Å². The molecule has 0 amide bonds. The van der Waals surface area contributed by atoms with Crippen molar-refractivity contribution in [3.05, 3.63) is 34.7 Å². The Balaban J connectivity index is 2.47. The quantitative estimate of drug-likeness (QED) is 0.775. The fourth-order valence-corrected chi connectivity index (χ4v) is 1.95. The van der Waals surface area contributed by atoms with Gasteiger partial charge in [0.15, 0.2) is 0 Å². The molecule has 72 valence electrons. The zero-order chi connectivity index (χ0) is 10.1. The highest BCUT2D eigenvalue weighted by molar-refractivity contribution is 7.13. The summed E-state index contributed by atoms with van der Waals surface area (Å²) in [7, 11) is 0. The summed E-state index contributed by atoms with van der Waals surface area (Å²) in [5, 5.41) is 11.6. The molecular weight excluding hydrogens is 194 g/mol. The minimum Gasteiger partial charge on any atom is -0.493 e. The predicted molar refractivity (Wildman–Crippen MR) is 58.7 cm³/mol. The molecule has 2 aromatic rings. The Labute approximate surface area is 86.9 Å². The maximum absolute atomic E-state index is 9.14. The number of aryl methyl sites for hydroxylation is 2. The van der Waals surface area contributed by atoms with Gasteiger partial charge in [-0.2, -0.15) is 0 Å². The van der Waals surface area contributed by atoms with Crippen LogP contribution in [0.1, 0.15) is 11.1 Å². The van der Waals surface area contributed by atoms with Crippen LogP contribution in [-0.2, 0) is 0 Å². The molecule has 0 aliphatic heterocycles. The van der Waals surface area contributed by atoms with Crippen molar-refractivity contribution in [1.82, 2.24) is 4.98 Å². The van der Waals surface area contributed by atoms with Crippen LogP contribution in [0.5, 0.6) is 5.88 Å². The lowest BCUT2D eigenvalue weighted by Gasteiger charge is -2.01. The molecule has 0 aliphatic carbocycles. The van der Waals surface area contributed by atoms with Gasteiger partial charge < -0.3 is 5.11 Å². The lowest BCUT2D eigenvalue weighted by Crippen LogP contribution is -1.82. The third kappa shape index (κ3) is 1.63. The first-order valence-corrected chi connectivity index (χ1v) is 5.27. The van der Waals surface area contributed by atoms with Gasteiger partial charge >= 0.3 is 0 Å². The molecular formula is C11H11NOS. The Bertz CT molecular complexity index is 462. The molecule has 1 N–H and O–H groups in total. The first-order chi connectivity index (χ1) is 6.66. The topological polar surface area (TPSA) is 33.1 Å². The first-order valence-electron chi connectivity index (χ1n) is 4.39. The summed E-state index contributed by atoms with van der Waals surface area (Å²) in [6, 6.07) is 6.19. The van der Waals surface area contributed by atoms with E-state index < -0.39 is 0 Å². The monoisotopic (exact) mass is 205 g/mol. The summed E-state index contributed by atoms with van der Waals surface area (Å²) in [5.74, 6) is 0.100. The van der Waals surface area contributed by atoms with E-state index in [-0.39, 0.29) is 5.88 Å². The molecule has 0 fully saturated rings. The van der Waals surface area contributed by atoms with Crippen LogP contribution >= 0.6 is 11.3 Å². The fourth-order valence-electron chi connectivity index (χ4n) is 1.27. The largest absolute Gasteiger partial charge is 0.493 e. The Morgan fingerprint density at radius 3 is 2.57 bits per heavy atom. The molecule has 0 saturated carbocycles. The van der Waals surface area contributed by atoms with Gasteiger partial charge in [0.1, 0.15) is 5.01 Å². The highest BCUT2D eigenvalue weighted by atomic mass is 32.1. The summed E-state index contributed by atoms with van der Waals surface area (Å²) in [6.45, 7) is 4.16. The highest BCUT2D eigenvalue weighted by Gasteiger charge is 2.04. The van der Waals surface area contributed by atoms with E-state index in [4.69, 9.17) is 5.11 Å². The number of aromatic hydroxyl groups is 1. The van der Waals surface area contributed by atoms with E-state index in [0.717, 1.165) is 10.6 Å². The molecule has 14 heavy (non-hydrogen) atoms. The zero-order valence-corrected chi connectivity index (χ0v) is 8.93. The Kier molecular flexibility index (Phi) is 2.25. The van der Waals surface area contributed by atoms with Crippen molar-refractivity contribution in [3.8, 4) is 16.5 Å². The second-order valence-corrected chi connectivity index (χ2v) is 4.17. The predicted octanol–water partition coefficient (Wildman–Crippen LogP) is 3.13. The van der Waals surface area contributed by atoms with E-state index >= 15 is 0 Å². The molecule has 0 saturated heterocycles. The number of aromatic nitrogens is 1. The maximum atomic E-state index is 9.14. The van der Waals surface area contributed by atoms with Crippen LogP contribution in [-0.4, -0.2) is 10.1 Å². The van der Waals surface area contributed by atoms with Gasteiger partial charge in [-0.3, -0.25) is 0 Å². The second kappa shape index (κ2) is 3.42. The molecule has 1 aromatic carbocycles. The van der Waals surface area contributed by atoms with Crippen LogP contribution in [0, 0.1) is 13.8 Å². The average Bonchev–Trinajstić information content (AvgIpc) is 2.57. The average molecular weight is 205 g/mol. The van der Waals surface area contributed by atoms with Gasteiger partial charge in [-0.1, -0.05) is 12.1 Å². The van der Waals surface area contributed by atoms with Gasteiger partial charge in [-0.25, -0.2) is 4.98 Å². The lowest BCUT2D eigenvalue weighted by molar-refractivity contribution is 0.458. The number of hydrogen-bond acceptors (Lipinski definition) is 3. The van der Waals surface area contributed by atoms with E-state index in [1.54, 1.807) is 5.38 Å². The van der Waals surface area contributed by atoms with Gasteiger partial charge in [0.25, 0.3) is 0 Å². The van der Waals surface area contributed by atoms with Gasteiger partial charge in [-0.05, 0) is 31.0 Å². The molecule has 1 heterocycles. The molecule has 1 aromatic heterocycles. The summed E-state index contributed by atoms with van der Waals surface area (Å²) >= 11 is 1.46. The Morgan fingerprint density at radius 1 is 1.21 bits per heavy atom. The maximum Gasteiger partial charge on any atom is 0.222 e. The first kappa shape index (κ1) is 9.21. The van der Waals surface area contributed by atoms with Crippen molar-refractivity contribution in [2.24, 2.45) is 0 Å². The standard InChI is InChI=1S/C11H11NOS/c1-7-3-4-9(5-8(7)2)11-12-10(13)6-14-11/h3-6,13H,1-2H3. The van der Waals surface area contributed by atoms with E-state index in [1.807, 2.05) is 6.07 Å². The summed E-state index contributed by atoms with van der Waals surface area (Å²) < 4.78 is 0. The van der Waals surface area contributed by atoms with Crippen molar-refractivity contribution in [2.75, 3.05) is 0 Å². The van der Waals surface area contributed by atoms with E-state index in [1.165, 1.54) is 22.5 Å². The third-order valence-corrected chi connectivity index (χ3v) is 3.12. The Hall–Kier alpha value is -1.35. The van der Waals surface area contributed by atoms with Crippen LogP contribution in [0.25, 0.3) is 10.6 Å².